The van der Waals surface area contributed by atoms with Crippen LogP contribution in [0.25, 0.3) is 0 Å². The molecule has 280 valence electrons. The maximum Gasteiger partial charge on any atom is 0.268 e. The van der Waals surface area contributed by atoms with Crippen LogP contribution in [0, 0.1) is 0 Å². The average molecular weight is 697 g/mol. The summed E-state index contributed by atoms with van der Waals surface area (Å²) in [5, 5.41) is 13.8. The van der Waals surface area contributed by atoms with Crippen LogP contribution in [0.5, 0.6) is 0 Å². The first-order chi connectivity index (χ1) is 23.0. The fraction of sp³-hybridized carbons (Fsp3) is 0.769. The molecule has 0 aromatic carbocycles. The number of phosphoric ester groups is 1. The third-order valence-electron chi connectivity index (χ3n) is 8.08. The van der Waals surface area contributed by atoms with Crippen LogP contribution in [-0.2, 0) is 18.4 Å². The highest BCUT2D eigenvalue weighted by Crippen LogP contribution is 2.38. The Labute approximate surface area is 295 Å². The van der Waals surface area contributed by atoms with Crippen molar-refractivity contribution >= 4 is 13.7 Å². The van der Waals surface area contributed by atoms with Gasteiger partial charge >= 0.3 is 0 Å². The lowest BCUT2D eigenvalue weighted by atomic mass is 10.0. The zero-order valence-electron chi connectivity index (χ0n) is 31.4. The highest BCUT2D eigenvalue weighted by molar-refractivity contribution is 7.45. The van der Waals surface area contributed by atoms with E-state index in [4.69, 9.17) is 9.05 Å². The molecule has 48 heavy (non-hydrogen) atoms. The number of nitrogens with zero attached hydrogens (tertiary/aromatic N) is 1. The number of hydrogen-bond acceptors (Lipinski definition) is 6. The van der Waals surface area contributed by atoms with Crippen molar-refractivity contribution < 1.29 is 32.9 Å². The number of aliphatic hydroxyl groups is 1. The molecule has 0 aliphatic heterocycles. The Morgan fingerprint density at radius 3 is 1.81 bits per heavy atom. The summed E-state index contributed by atoms with van der Waals surface area (Å²) in [6.45, 7) is 4.53. The zero-order chi connectivity index (χ0) is 35.8. The SMILES string of the molecule is CC/C=C\C/C=C\C/C=C\C/C=C\CCCCC(=O)NC(COP(=O)([O-])OCC[N+](C)(C)C)C(O)CCCCCCCCCCCCC. The largest absolute Gasteiger partial charge is 0.756 e. The quantitative estimate of drug-likeness (QED) is 0.0307. The molecule has 0 aromatic rings. The Morgan fingerprint density at radius 1 is 0.750 bits per heavy atom. The number of nitrogens with one attached hydrogen (secondary N) is 1. The van der Waals surface area contributed by atoms with E-state index < -0.39 is 20.0 Å². The Bertz CT molecular complexity index is 928. The van der Waals surface area contributed by atoms with E-state index in [1.807, 2.05) is 21.1 Å². The standard InChI is InChI=1S/C39H73N2O6P/c1-6-8-10-12-14-16-18-19-20-21-23-25-27-29-31-33-39(43)40-37(36-47-48(44,45)46-35-34-41(3,4)5)38(42)32-30-28-26-24-22-17-15-13-11-9-7-2/h8,10,14,16,19-20,23,25,37-38,42H,6-7,9,11-13,15,17-18,21-22,24,26-36H2,1-5H3,(H-,40,43,44,45)/b10-8-,16-14-,20-19-,25-23-. The smallest absolute Gasteiger partial charge is 0.268 e. The topological polar surface area (TPSA) is 108 Å². The first-order valence-electron chi connectivity index (χ1n) is 19.0. The van der Waals surface area contributed by atoms with E-state index in [-0.39, 0.29) is 19.1 Å². The average Bonchev–Trinajstić information content (AvgIpc) is 3.02. The normalized spacial score (nSPS) is 15.2. The molecular weight excluding hydrogens is 623 g/mol. The molecule has 0 fully saturated rings. The summed E-state index contributed by atoms with van der Waals surface area (Å²) in [6.07, 6.45) is 36.9. The van der Waals surface area contributed by atoms with Crippen molar-refractivity contribution in [2.24, 2.45) is 0 Å². The van der Waals surface area contributed by atoms with E-state index in [0.29, 0.717) is 30.3 Å². The van der Waals surface area contributed by atoms with Gasteiger partial charge < -0.3 is 28.8 Å². The molecule has 0 saturated heterocycles. The number of aliphatic hydroxyl groups excluding tert-OH is 1. The lowest BCUT2D eigenvalue weighted by molar-refractivity contribution is -0.870. The van der Waals surface area contributed by atoms with Gasteiger partial charge in [0.05, 0.1) is 39.9 Å². The van der Waals surface area contributed by atoms with Crippen LogP contribution in [0.15, 0.2) is 48.6 Å². The van der Waals surface area contributed by atoms with Gasteiger partial charge in [0, 0.05) is 6.42 Å². The van der Waals surface area contributed by atoms with Gasteiger partial charge in [-0.1, -0.05) is 133 Å². The molecule has 3 unspecified atom stereocenters. The molecule has 8 nitrogen and oxygen atoms in total. The third-order valence-corrected chi connectivity index (χ3v) is 9.05. The number of unbranched alkanes of at least 4 members (excludes halogenated alkanes) is 12. The van der Waals surface area contributed by atoms with Gasteiger partial charge in [0.2, 0.25) is 5.91 Å². The van der Waals surface area contributed by atoms with Crippen LogP contribution < -0.4 is 10.2 Å². The minimum absolute atomic E-state index is 0.00186. The van der Waals surface area contributed by atoms with Crippen LogP contribution >= 0.6 is 7.82 Å². The maximum atomic E-state index is 12.8. The number of hydrogen-bond donors (Lipinski definition) is 2. The number of phosphoric acid groups is 1. The summed E-state index contributed by atoms with van der Waals surface area (Å²) in [7, 11) is 1.26. The number of quaternary nitrogens is 1. The first kappa shape index (κ1) is 46.5. The molecule has 0 bridgehead atoms. The molecule has 0 spiro atoms. The zero-order valence-corrected chi connectivity index (χ0v) is 32.3. The molecule has 0 heterocycles. The summed E-state index contributed by atoms with van der Waals surface area (Å²) in [5.74, 6) is -0.210. The second-order valence-corrected chi connectivity index (χ2v) is 15.3. The lowest BCUT2D eigenvalue weighted by Crippen LogP contribution is -2.46. The molecule has 0 aliphatic rings. The number of carbonyl (C=O) groups excluding carboxylic acids is 1. The van der Waals surface area contributed by atoms with Crippen molar-refractivity contribution in [1.29, 1.82) is 0 Å². The van der Waals surface area contributed by atoms with Gasteiger partial charge in [0.25, 0.3) is 7.82 Å². The fourth-order valence-electron chi connectivity index (χ4n) is 5.03. The summed E-state index contributed by atoms with van der Waals surface area (Å²) >= 11 is 0. The lowest BCUT2D eigenvalue weighted by Gasteiger charge is -2.30. The number of amides is 1. The molecule has 0 rings (SSSR count). The molecular formula is C39H73N2O6P. The van der Waals surface area contributed by atoms with E-state index in [1.54, 1.807) is 0 Å². The summed E-state index contributed by atoms with van der Waals surface area (Å²) in [6, 6.07) is -0.820. The molecule has 0 radical (unpaired) electrons. The fourth-order valence-corrected chi connectivity index (χ4v) is 5.75. The number of likely N-dealkylation sites (N-methyl/N-ethyl adjacent to an activating group) is 1. The highest BCUT2D eigenvalue weighted by atomic mass is 31.2. The number of rotatable bonds is 33. The van der Waals surface area contributed by atoms with E-state index in [1.165, 1.54) is 51.4 Å². The number of carbonyl (C=O) groups is 1. The summed E-state index contributed by atoms with van der Waals surface area (Å²) < 4.78 is 23.1. The number of allylic oxidation sites excluding steroid dienone is 8. The van der Waals surface area contributed by atoms with E-state index in [2.05, 4.69) is 67.8 Å². The van der Waals surface area contributed by atoms with Gasteiger partial charge in [0.1, 0.15) is 13.2 Å². The maximum absolute atomic E-state index is 12.8. The Hall–Kier alpha value is -1.54. The van der Waals surface area contributed by atoms with Crippen LogP contribution in [0.4, 0.5) is 0 Å². The van der Waals surface area contributed by atoms with E-state index in [0.717, 1.165) is 57.8 Å². The molecule has 1 amide bonds. The van der Waals surface area contributed by atoms with Crippen LogP contribution in [0.2, 0.25) is 0 Å². The predicted molar refractivity (Wildman–Crippen MR) is 201 cm³/mol. The van der Waals surface area contributed by atoms with E-state index >= 15 is 0 Å². The molecule has 0 saturated carbocycles. The summed E-state index contributed by atoms with van der Waals surface area (Å²) in [4.78, 5) is 25.1. The van der Waals surface area contributed by atoms with Gasteiger partial charge in [-0.2, -0.15) is 0 Å². The van der Waals surface area contributed by atoms with Crippen molar-refractivity contribution in [1.82, 2.24) is 5.32 Å². The second-order valence-electron chi connectivity index (χ2n) is 13.9. The van der Waals surface area contributed by atoms with Crippen molar-refractivity contribution in [3.8, 4) is 0 Å². The van der Waals surface area contributed by atoms with Crippen LogP contribution in [0.1, 0.15) is 142 Å². The van der Waals surface area contributed by atoms with Crippen molar-refractivity contribution in [3.63, 3.8) is 0 Å². The summed E-state index contributed by atoms with van der Waals surface area (Å²) in [5.41, 5.74) is 0. The molecule has 2 N–H and O–H groups in total. The predicted octanol–water partition coefficient (Wildman–Crippen LogP) is 9.11. The van der Waals surface area contributed by atoms with Gasteiger partial charge in [-0.3, -0.25) is 9.36 Å². The minimum Gasteiger partial charge on any atom is -0.756 e. The molecule has 3 atom stereocenters. The van der Waals surface area contributed by atoms with Crippen LogP contribution in [-0.4, -0.2) is 68.5 Å². The van der Waals surface area contributed by atoms with Crippen molar-refractivity contribution in [2.45, 2.75) is 154 Å². The van der Waals surface area contributed by atoms with Gasteiger partial charge in [0.15, 0.2) is 0 Å². The minimum atomic E-state index is -4.57. The monoisotopic (exact) mass is 697 g/mol. The van der Waals surface area contributed by atoms with Gasteiger partial charge in [-0.25, -0.2) is 0 Å². The Balaban J connectivity index is 4.56. The van der Waals surface area contributed by atoms with Crippen molar-refractivity contribution in [3.05, 3.63) is 48.6 Å². The third kappa shape index (κ3) is 33.0. The van der Waals surface area contributed by atoms with Crippen LogP contribution in [0.3, 0.4) is 0 Å². The molecule has 0 aliphatic carbocycles. The molecule has 9 heteroatoms. The highest BCUT2D eigenvalue weighted by Gasteiger charge is 2.24. The second kappa shape index (κ2) is 31.4. The Morgan fingerprint density at radius 2 is 1.27 bits per heavy atom. The van der Waals surface area contributed by atoms with Crippen molar-refractivity contribution in [2.75, 3.05) is 40.9 Å². The van der Waals surface area contributed by atoms with Gasteiger partial charge in [-0.15, -0.1) is 0 Å². The van der Waals surface area contributed by atoms with E-state index in [9.17, 15) is 19.4 Å². The Kier molecular flexibility index (Phi) is 30.4. The van der Waals surface area contributed by atoms with Gasteiger partial charge in [-0.05, 0) is 51.4 Å². The molecule has 0 aromatic heterocycles. The first-order valence-corrected chi connectivity index (χ1v) is 20.4.